The van der Waals surface area contributed by atoms with Gasteiger partial charge in [-0.1, -0.05) is 13.5 Å². The quantitative estimate of drug-likeness (QED) is 0.713. The molecule has 0 rings (SSSR count). The van der Waals surface area contributed by atoms with E-state index in [9.17, 15) is 8.42 Å². The van der Waals surface area contributed by atoms with E-state index < -0.39 is 15.3 Å². The van der Waals surface area contributed by atoms with E-state index in [1.807, 2.05) is 13.8 Å². The second-order valence-electron chi connectivity index (χ2n) is 3.34. The first-order valence-electron chi connectivity index (χ1n) is 4.54. The molecule has 0 aliphatic rings. The molecular weight excluding hydrogens is 200 g/mol. The Morgan fingerprint density at radius 3 is 2.36 bits per heavy atom. The molecule has 0 heterocycles. The summed E-state index contributed by atoms with van der Waals surface area (Å²) in [4.78, 5) is 3.99. The van der Waals surface area contributed by atoms with E-state index in [2.05, 4.69) is 16.3 Å². The lowest BCUT2D eigenvalue weighted by atomic mass is 10.3. The smallest absolute Gasteiger partial charge is 0.236 e. The van der Waals surface area contributed by atoms with E-state index in [0.717, 1.165) is 12.1 Å². The summed E-state index contributed by atoms with van der Waals surface area (Å²) in [5.74, 6) is 0.179. The Hall–Kier alpha value is -0.840. The highest BCUT2D eigenvalue weighted by molar-refractivity contribution is 7.90. The van der Waals surface area contributed by atoms with Crippen LogP contribution in [0.25, 0.3) is 0 Å². The molecular formula is C9H18N2O2S. The molecule has 0 amide bonds. The molecule has 0 aromatic carbocycles. The van der Waals surface area contributed by atoms with Crippen molar-refractivity contribution in [2.24, 2.45) is 4.99 Å². The minimum Gasteiger partial charge on any atom is -0.268 e. The van der Waals surface area contributed by atoms with Crippen molar-refractivity contribution in [3.05, 3.63) is 12.4 Å². The van der Waals surface area contributed by atoms with Gasteiger partial charge in [-0.15, -0.1) is 0 Å². The van der Waals surface area contributed by atoms with Crippen molar-refractivity contribution in [3.63, 3.8) is 0 Å². The molecule has 0 fully saturated rings. The van der Waals surface area contributed by atoms with Crippen molar-refractivity contribution >= 4 is 15.7 Å². The average Bonchev–Trinajstić information content (AvgIpc) is 2.02. The van der Waals surface area contributed by atoms with Crippen LogP contribution >= 0.6 is 0 Å². The summed E-state index contributed by atoms with van der Waals surface area (Å²) in [7, 11) is -3.31. The highest BCUT2D eigenvalue weighted by Gasteiger charge is 2.15. The highest BCUT2D eigenvalue weighted by Crippen LogP contribution is 2.01. The number of rotatable bonds is 5. The third kappa shape index (κ3) is 4.41. The van der Waals surface area contributed by atoms with E-state index in [1.54, 1.807) is 13.8 Å². The number of sulfonamides is 1. The largest absolute Gasteiger partial charge is 0.268 e. The summed E-state index contributed by atoms with van der Waals surface area (Å²) in [5, 5.41) is -0.476. The third-order valence-corrected chi connectivity index (χ3v) is 3.48. The summed E-state index contributed by atoms with van der Waals surface area (Å²) in [5.41, 5.74) is 0.849. The molecule has 14 heavy (non-hydrogen) atoms. The van der Waals surface area contributed by atoms with E-state index in [-0.39, 0.29) is 5.82 Å². The van der Waals surface area contributed by atoms with E-state index in [0.29, 0.717) is 0 Å². The Bertz CT molecular complexity index is 329. The van der Waals surface area contributed by atoms with Gasteiger partial charge in [-0.3, -0.25) is 4.72 Å². The van der Waals surface area contributed by atoms with Crippen LogP contribution in [0.15, 0.2) is 17.4 Å². The fourth-order valence-corrected chi connectivity index (χ4v) is 1.22. The molecule has 0 bridgehead atoms. The summed E-state index contributed by atoms with van der Waals surface area (Å²) in [6, 6.07) is 0. The Morgan fingerprint density at radius 2 is 2.00 bits per heavy atom. The molecule has 82 valence electrons. The van der Waals surface area contributed by atoms with E-state index in [1.165, 1.54) is 0 Å². The lowest BCUT2D eigenvalue weighted by Crippen LogP contribution is -2.29. The van der Waals surface area contributed by atoms with Crippen LogP contribution in [0.5, 0.6) is 0 Å². The number of nitrogens with zero attached hydrogens (tertiary/aromatic N) is 1. The lowest BCUT2D eigenvalue weighted by molar-refractivity contribution is 0.579. The number of hydrogen-bond donors (Lipinski definition) is 1. The summed E-state index contributed by atoms with van der Waals surface area (Å²) in [6.45, 7) is 10.5. The zero-order valence-electron chi connectivity index (χ0n) is 9.16. The monoisotopic (exact) mass is 218 g/mol. The molecule has 0 aromatic heterocycles. The Labute approximate surface area is 86.2 Å². The normalized spacial score (nSPS) is 13.1. The van der Waals surface area contributed by atoms with Crippen molar-refractivity contribution in [1.29, 1.82) is 0 Å². The molecule has 5 heteroatoms. The Morgan fingerprint density at radius 1 is 1.50 bits per heavy atom. The van der Waals surface area contributed by atoms with Crippen LogP contribution in [0.1, 0.15) is 34.1 Å². The van der Waals surface area contributed by atoms with Crippen molar-refractivity contribution in [2.75, 3.05) is 0 Å². The second-order valence-corrected chi connectivity index (χ2v) is 5.58. The average molecular weight is 218 g/mol. The van der Waals surface area contributed by atoms with Gasteiger partial charge in [0, 0.05) is 5.71 Å². The van der Waals surface area contributed by atoms with Crippen LogP contribution in [0.4, 0.5) is 0 Å². The summed E-state index contributed by atoms with van der Waals surface area (Å²) in [6.07, 6.45) is 0.780. The number of hydrogen-bond acceptors (Lipinski definition) is 3. The van der Waals surface area contributed by atoms with E-state index in [4.69, 9.17) is 0 Å². The maximum Gasteiger partial charge on any atom is 0.236 e. The molecule has 0 atom stereocenters. The van der Waals surface area contributed by atoms with Gasteiger partial charge in [0.2, 0.25) is 10.0 Å². The summed E-state index contributed by atoms with van der Waals surface area (Å²) >= 11 is 0. The molecule has 1 N–H and O–H groups in total. The molecule has 0 unspecified atom stereocenters. The van der Waals surface area contributed by atoms with Crippen molar-refractivity contribution in [3.8, 4) is 0 Å². The van der Waals surface area contributed by atoms with Crippen LogP contribution in [0.3, 0.4) is 0 Å². The Balaban J connectivity index is 4.50. The predicted octanol–water partition coefficient (Wildman–Crippen LogP) is 1.66. The van der Waals surface area contributed by atoms with Crippen LogP contribution < -0.4 is 4.72 Å². The van der Waals surface area contributed by atoms with Gasteiger partial charge in [0.05, 0.1) is 5.25 Å². The predicted molar refractivity (Wildman–Crippen MR) is 59.7 cm³/mol. The third-order valence-electron chi connectivity index (χ3n) is 1.72. The molecule has 4 nitrogen and oxygen atoms in total. The van der Waals surface area contributed by atoms with Gasteiger partial charge in [0.1, 0.15) is 5.82 Å². The zero-order valence-corrected chi connectivity index (χ0v) is 9.98. The van der Waals surface area contributed by atoms with Gasteiger partial charge in [0.25, 0.3) is 0 Å². The van der Waals surface area contributed by atoms with Gasteiger partial charge in [-0.2, -0.15) is 0 Å². The highest BCUT2D eigenvalue weighted by atomic mass is 32.2. The number of aliphatic imine (C=N–C) groups is 1. The fourth-order valence-electron chi connectivity index (χ4n) is 0.614. The minimum absolute atomic E-state index is 0.179. The first-order chi connectivity index (χ1) is 6.29. The molecule has 0 saturated heterocycles. The topological polar surface area (TPSA) is 58.5 Å². The Kier molecular flexibility index (Phi) is 4.83. The molecule has 0 saturated carbocycles. The standard InChI is InChI=1S/C9H18N2O2S/c1-6-8(4)10-9(5)11-14(12,13)7(2)3/h7,11H,5-6H2,1-4H3. The van der Waals surface area contributed by atoms with Gasteiger partial charge in [-0.25, -0.2) is 13.4 Å². The maximum absolute atomic E-state index is 11.4. The maximum atomic E-state index is 11.4. The van der Waals surface area contributed by atoms with Crippen molar-refractivity contribution < 1.29 is 8.42 Å². The van der Waals surface area contributed by atoms with Crippen molar-refractivity contribution in [1.82, 2.24) is 4.72 Å². The second kappa shape index (κ2) is 5.14. The van der Waals surface area contributed by atoms with E-state index >= 15 is 0 Å². The van der Waals surface area contributed by atoms with Crippen LogP contribution in [0, 0.1) is 0 Å². The van der Waals surface area contributed by atoms with Gasteiger partial charge < -0.3 is 0 Å². The molecule has 0 aliphatic heterocycles. The fraction of sp³-hybridized carbons (Fsp3) is 0.667. The number of nitrogens with one attached hydrogen (secondary N) is 1. The van der Waals surface area contributed by atoms with Crippen LogP contribution in [0.2, 0.25) is 0 Å². The van der Waals surface area contributed by atoms with Gasteiger partial charge in [0.15, 0.2) is 0 Å². The lowest BCUT2D eigenvalue weighted by Gasteiger charge is -2.10. The van der Waals surface area contributed by atoms with Gasteiger partial charge >= 0.3 is 0 Å². The van der Waals surface area contributed by atoms with Crippen LogP contribution in [-0.4, -0.2) is 19.4 Å². The SMILES string of the molecule is C=C(N=C(C)CC)NS(=O)(=O)C(C)C. The molecule has 0 radical (unpaired) electrons. The molecule has 0 aromatic rings. The first-order valence-corrected chi connectivity index (χ1v) is 6.09. The molecule has 0 aliphatic carbocycles. The van der Waals surface area contributed by atoms with Crippen LogP contribution in [-0.2, 0) is 10.0 Å². The minimum atomic E-state index is -3.31. The first kappa shape index (κ1) is 13.2. The van der Waals surface area contributed by atoms with Gasteiger partial charge in [-0.05, 0) is 27.2 Å². The zero-order chi connectivity index (χ0) is 11.4. The molecule has 0 spiro atoms. The van der Waals surface area contributed by atoms with Crippen molar-refractivity contribution in [2.45, 2.75) is 39.4 Å². The summed E-state index contributed by atoms with van der Waals surface area (Å²) < 4.78 is 25.0.